The van der Waals surface area contributed by atoms with Crippen LogP contribution in [-0.4, -0.2) is 35.6 Å². The number of unbranched alkanes of at least 4 members (excludes halogenated alkanes) is 1. The molecule has 0 aromatic carbocycles. The van der Waals surface area contributed by atoms with Gasteiger partial charge in [0.25, 0.3) is 0 Å². The van der Waals surface area contributed by atoms with Gasteiger partial charge in [-0.25, -0.2) is 4.79 Å². The first-order valence-corrected chi connectivity index (χ1v) is 11.7. The Kier molecular flexibility index (Phi) is 7.37. The van der Waals surface area contributed by atoms with Crippen molar-refractivity contribution in [3.63, 3.8) is 0 Å². The Morgan fingerprint density at radius 2 is 2.04 bits per heavy atom. The van der Waals surface area contributed by atoms with E-state index in [2.05, 4.69) is 43.6 Å². The molecule has 0 radical (unpaired) electrons. The summed E-state index contributed by atoms with van der Waals surface area (Å²) in [7, 11) is 0. The number of hydrogen-bond acceptors (Lipinski definition) is 3. The average Bonchev–Trinajstić information content (AvgIpc) is 3.13. The van der Waals surface area contributed by atoms with Crippen LogP contribution in [0.5, 0.6) is 0 Å². The molecule has 0 atom stereocenters. The lowest BCUT2D eigenvalue weighted by Gasteiger charge is -2.36. The SMILES string of the molecule is CCCC#Cc1cc(C2=C(C3CCC(C)CC3)CN(CC)CC2)c(C(=O)O)s1. The summed E-state index contributed by atoms with van der Waals surface area (Å²) in [5.74, 6) is 6.98. The third-order valence-electron chi connectivity index (χ3n) is 6.25. The largest absolute Gasteiger partial charge is 0.477 e. The van der Waals surface area contributed by atoms with Gasteiger partial charge in [-0.05, 0) is 61.3 Å². The van der Waals surface area contributed by atoms with Crippen LogP contribution in [0, 0.1) is 23.7 Å². The number of carboxylic acid groups (broad SMARTS) is 1. The van der Waals surface area contributed by atoms with Crippen LogP contribution in [0.3, 0.4) is 0 Å². The molecule has 1 aromatic heterocycles. The zero-order chi connectivity index (χ0) is 20.1. The Balaban J connectivity index is 2.01. The first-order valence-electron chi connectivity index (χ1n) is 10.8. The Morgan fingerprint density at radius 3 is 2.68 bits per heavy atom. The van der Waals surface area contributed by atoms with Crippen LogP contribution in [0.1, 0.15) is 85.8 Å². The highest BCUT2D eigenvalue weighted by Gasteiger charge is 2.30. The third kappa shape index (κ3) is 4.88. The summed E-state index contributed by atoms with van der Waals surface area (Å²) >= 11 is 1.35. The highest BCUT2D eigenvalue weighted by molar-refractivity contribution is 7.14. The lowest BCUT2D eigenvalue weighted by molar-refractivity contribution is 0.0702. The molecule has 4 heteroatoms. The molecule has 0 saturated heterocycles. The maximum atomic E-state index is 12.0. The van der Waals surface area contributed by atoms with Crippen molar-refractivity contribution in [2.75, 3.05) is 19.6 Å². The number of nitrogens with zero attached hydrogens (tertiary/aromatic N) is 1. The molecule has 28 heavy (non-hydrogen) atoms. The molecule has 152 valence electrons. The van der Waals surface area contributed by atoms with E-state index in [1.165, 1.54) is 48.2 Å². The van der Waals surface area contributed by atoms with Crippen LogP contribution < -0.4 is 0 Å². The fourth-order valence-corrected chi connectivity index (χ4v) is 5.42. The Bertz CT molecular complexity index is 787. The van der Waals surface area contributed by atoms with Crippen LogP contribution in [0.15, 0.2) is 11.6 Å². The summed E-state index contributed by atoms with van der Waals surface area (Å²) in [5.41, 5.74) is 3.76. The van der Waals surface area contributed by atoms with Gasteiger partial charge in [0.05, 0.1) is 4.88 Å². The highest BCUT2D eigenvalue weighted by atomic mass is 32.1. The molecular weight excluding hydrogens is 366 g/mol. The monoisotopic (exact) mass is 399 g/mol. The van der Waals surface area contributed by atoms with E-state index in [-0.39, 0.29) is 0 Å². The molecule has 0 bridgehead atoms. The van der Waals surface area contributed by atoms with Crippen molar-refractivity contribution in [2.45, 2.75) is 65.7 Å². The van der Waals surface area contributed by atoms with E-state index in [9.17, 15) is 9.90 Å². The Hall–Kier alpha value is -1.57. The molecule has 3 nitrogen and oxygen atoms in total. The van der Waals surface area contributed by atoms with Crippen molar-refractivity contribution in [3.05, 3.63) is 27.0 Å². The van der Waals surface area contributed by atoms with Crippen LogP contribution >= 0.6 is 11.3 Å². The lowest BCUT2D eigenvalue weighted by Crippen LogP contribution is -2.34. The molecule has 1 N–H and O–H groups in total. The molecule has 1 fully saturated rings. The zero-order valence-electron chi connectivity index (χ0n) is 17.5. The molecule has 3 rings (SSSR count). The van der Waals surface area contributed by atoms with Crippen LogP contribution in [-0.2, 0) is 0 Å². The van der Waals surface area contributed by atoms with E-state index < -0.39 is 5.97 Å². The molecule has 2 heterocycles. The van der Waals surface area contributed by atoms with E-state index in [1.54, 1.807) is 0 Å². The van der Waals surface area contributed by atoms with Crippen molar-refractivity contribution >= 4 is 22.9 Å². The van der Waals surface area contributed by atoms with Gasteiger partial charge in [-0.2, -0.15) is 0 Å². The van der Waals surface area contributed by atoms with Gasteiger partial charge in [0.2, 0.25) is 0 Å². The maximum Gasteiger partial charge on any atom is 0.346 e. The zero-order valence-corrected chi connectivity index (χ0v) is 18.3. The number of hydrogen-bond donors (Lipinski definition) is 1. The van der Waals surface area contributed by atoms with Crippen molar-refractivity contribution < 1.29 is 9.90 Å². The first-order chi connectivity index (χ1) is 13.5. The van der Waals surface area contributed by atoms with Crippen LogP contribution in [0.25, 0.3) is 5.57 Å². The predicted molar refractivity (Wildman–Crippen MR) is 118 cm³/mol. The van der Waals surface area contributed by atoms with Gasteiger partial charge in [0, 0.05) is 25.1 Å². The van der Waals surface area contributed by atoms with Gasteiger partial charge in [0.1, 0.15) is 4.88 Å². The second-order valence-corrected chi connectivity index (χ2v) is 9.34. The molecule has 1 aliphatic heterocycles. The number of carbonyl (C=O) groups is 1. The normalized spacial score (nSPS) is 23.4. The third-order valence-corrected chi connectivity index (χ3v) is 7.29. The summed E-state index contributed by atoms with van der Waals surface area (Å²) in [5, 5.41) is 9.84. The molecular formula is C24H33NO2S. The van der Waals surface area contributed by atoms with Crippen molar-refractivity contribution in [3.8, 4) is 11.8 Å². The van der Waals surface area contributed by atoms with Gasteiger partial charge in [0.15, 0.2) is 0 Å². The molecule has 0 unspecified atom stereocenters. The van der Waals surface area contributed by atoms with Crippen molar-refractivity contribution in [1.29, 1.82) is 0 Å². The van der Waals surface area contributed by atoms with E-state index in [4.69, 9.17) is 0 Å². The number of carboxylic acids is 1. The van der Waals surface area contributed by atoms with Gasteiger partial charge in [-0.1, -0.05) is 45.5 Å². The topological polar surface area (TPSA) is 40.5 Å². The number of likely N-dealkylation sites (N-methyl/N-ethyl adjacent to an activating group) is 1. The minimum Gasteiger partial charge on any atom is -0.477 e. The second kappa shape index (κ2) is 9.76. The summed E-state index contributed by atoms with van der Waals surface area (Å²) < 4.78 is 0. The Morgan fingerprint density at radius 1 is 1.29 bits per heavy atom. The molecule has 0 spiro atoms. The summed E-state index contributed by atoms with van der Waals surface area (Å²) in [6, 6.07) is 2.05. The number of aromatic carboxylic acids is 1. The molecule has 2 aliphatic rings. The predicted octanol–water partition coefficient (Wildman–Crippen LogP) is 5.90. The standard InChI is InChI=1S/C24H33NO2S/c1-4-6-7-8-19-15-21(23(28-19)24(26)27)20-13-14-25(5-2)16-22(20)18-11-9-17(3)10-12-18/h15,17-18H,4-6,9-14,16H2,1-3H3,(H,26,27). The van der Waals surface area contributed by atoms with Crippen LogP contribution in [0.2, 0.25) is 0 Å². The number of rotatable bonds is 5. The maximum absolute atomic E-state index is 12.0. The molecule has 1 aromatic rings. The van der Waals surface area contributed by atoms with E-state index in [1.807, 2.05) is 0 Å². The van der Waals surface area contributed by atoms with Crippen LogP contribution in [0.4, 0.5) is 0 Å². The molecule has 1 aliphatic carbocycles. The van der Waals surface area contributed by atoms with Gasteiger partial charge >= 0.3 is 5.97 Å². The molecule has 0 amide bonds. The minimum absolute atomic E-state index is 0.474. The fraction of sp³-hybridized carbons (Fsp3) is 0.625. The number of thiophene rings is 1. The van der Waals surface area contributed by atoms with E-state index >= 15 is 0 Å². The van der Waals surface area contributed by atoms with Gasteiger partial charge in [-0.3, -0.25) is 4.90 Å². The lowest BCUT2D eigenvalue weighted by atomic mass is 9.75. The van der Waals surface area contributed by atoms with Crippen molar-refractivity contribution in [1.82, 2.24) is 4.90 Å². The Labute approximate surface area is 173 Å². The quantitative estimate of drug-likeness (QED) is 0.626. The van der Waals surface area contributed by atoms with E-state index in [0.29, 0.717) is 10.8 Å². The molecule has 1 saturated carbocycles. The van der Waals surface area contributed by atoms with Gasteiger partial charge < -0.3 is 5.11 Å². The first kappa shape index (κ1) is 21.1. The van der Waals surface area contributed by atoms with Gasteiger partial charge in [-0.15, -0.1) is 11.3 Å². The van der Waals surface area contributed by atoms with Crippen molar-refractivity contribution in [2.24, 2.45) is 11.8 Å². The summed E-state index contributed by atoms with van der Waals surface area (Å²) in [4.78, 5) is 15.9. The summed E-state index contributed by atoms with van der Waals surface area (Å²) in [6.07, 6.45) is 7.90. The average molecular weight is 400 g/mol. The smallest absolute Gasteiger partial charge is 0.346 e. The summed E-state index contributed by atoms with van der Waals surface area (Å²) in [6.45, 7) is 9.76. The van der Waals surface area contributed by atoms with E-state index in [0.717, 1.165) is 55.3 Å². The minimum atomic E-state index is -0.814. The fourth-order valence-electron chi connectivity index (χ4n) is 4.52. The second-order valence-electron chi connectivity index (χ2n) is 8.29. The highest BCUT2D eigenvalue weighted by Crippen LogP contribution is 2.41.